The van der Waals surface area contributed by atoms with Gasteiger partial charge in [-0.25, -0.2) is 14.4 Å². The van der Waals surface area contributed by atoms with Crippen LogP contribution in [0.25, 0.3) is 0 Å². The molecule has 0 aliphatic carbocycles. The van der Waals surface area contributed by atoms with E-state index in [-0.39, 0.29) is 11.7 Å². The summed E-state index contributed by atoms with van der Waals surface area (Å²) in [6, 6.07) is 18.3. The molecule has 0 spiro atoms. The van der Waals surface area contributed by atoms with Crippen molar-refractivity contribution in [1.29, 1.82) is 0 Å². The normalized spacial score (nSPS) is 13.4. The van der Waals surface area contributed by atoms with E-state index >= 15 is 0 Å². The molecule has 1 aliphatic heterocycles. The van der Waals surface area contributed by atoms with Crippen molar-refractivity contribution in [2.45, 2.75) is 31.3 Å². The number of nitrogens with zero attached hydrogens (tertiary/aromatic N) is 5. The predicted molar refractivity (Wildman–Crippen MR) is 154 cm³/mol. The Labute approximate surface area is 232 Å². The van der Waals surface area contributed by atoms with Crippen LogP contribution in [0.15, 0.2) is 78.2 Å². The number of carbonyl (C=O) groups is 1. The summed E-state index contributed by atoms with van der Waals surface area (Å²) in [5.41, 5.74) is 5.34. The molecular formula is C30H31FN6OS. The van der Waals surface area contributed by atoms with Crippen LogP contribution in [0, 0.1) is 19.7 Å². The van der Waals surface area contributed by atoms with Gasteiger partial charge in [0.25, 0.3) is 5.91 Å². The van der Waals surface area contributed by atoms with Crippen molar-refractivity contribution in [1.82, 2.24) is 20.3 Å². The Bertz CT molecular complexity index is 1430. The van der Waals surface area contributed by atoms with Crippen LogP contribution in [0.4, 0.5) is 15.9 Å². The molecule has 0 radical (unpaired) electrons. The Balaban J connectivity index is 1.18. The fraction of sp³-hybridized carbons (Fsp3) is 0.267. The molecule has 1 fully saturated rings. The first-order chi connectivity index (χ1) is 19.0. The highest BCUT2D eigenvalue weighted by Gasteiger charge is 2.23. The van der Waals surface area contributed by atoms with Gasteiger partial charge >= 0.3 is 0 Å². The van der Waals surface area contributed by atoms with Gasteiger partial charge in [-0.05, 0) is 55.3 Å². The molecule has 1 aliphatic rings. The van der Waals surface area contributed by atoms with Crippen LogP contribution in [0.2, 0.25) is 0 Å². The molecule has 0 saturated carbocycles. The maximum atomic E-state index is 14.2. The Kier molecular flexibility index (Phi) is 8.36. The summed E-state index contributed by atoms with van der Waals surface area (Å²) in [5.74, 6) is 1.34. The Hall–Kier alpha value is -3.98. The van der Waals surface area contributed by atoms with Crippen LogP contribution >= 0.6 is 11.8 Å². The molecule has 4 aromatic rings. The number of nitrogens with one attached hydrogen (secondary N) is 1. The number of hydrogen-bond acceptors (Lipinski definition) is 7. The number of pyridine rings is 1. The molecule has 0 atom stereocenters. The topological polar surface area (TPSA) is 74.2 Å². The van der Waals surface area contributed by atoms with Crippen molar-refractivity contribution in [3.63, 3.8) is 0 Å². The lowest BCUT2D eigenvalue weighted by Gasteiger charge is -2.37. The average molecular weight is 543 g/mol. The molecule has 7 nitrogen and oxygen atoms in total. The first-order valence-electron chi connectivity index (χ1n) is 13.0. The van der Waals surface area contributed by atoms with E-state index in [1.807, 2.05) is 55.5 Å². The zero-order chi connectivity index (χ0) is 27.2. The van der Waals surface area contributed by atoms with Gasteiger partial charge in [-0.15, -0.1) is 0 Å². The van der Waals surface area contributed by atoms with E-state index in [0.29, 0.717) is 23.5 Å². The summed E-state index contributed by atoms with van der Waals surface area (Å²) >= 11 is 1.58. The van der Waals surface area contributed by atoms with Gasteiger partial charge in [-0.2, -0.15) is 0 Å². The lowest BCUT2D eigenvalue weighted by atomic mass is 10.1. The molecule has 2 aromatic heterocycles. The molecule has 9 heteroatoms. The fourth-order valence-electron chi connectivity index (χ4n) is 4.52. The van der Waals surface area contributed by atoms with Crippen molar-refractivity contribution in [2.24, 2.45) is 0 Å². The molecule has 0 unspecified atom stereocenters. The van der Waals surface area contributed by atoms with Gasteiger partial charge in [-0.3, -0.25) is 9.78 Å². The van der Waals surface area contributed by atoms with Crippen LogP contribution in [0.5, 0.6) is 0 Å². The van der Waals surface area contributed by atoms with Crippen LogP contribution in [-0.4, -0.2) is 47.0 Å². The lowest BCUT2D eigenvalue weighted by Crippen LogP contribution is -2.47. The number of carbonyl (C=O) groups excluding carboxylic acids is 1. The minimum Gasteiger partial charge on any atom is -0.366 e. The summed E-state index contributed by atoms with van der Waals surface area (Å²) in [6.07, 6.45) is 3.45. The third-order valence-electron chi connectivity index (χ3n) is 6.88. The van der Waals surface area contributed by atoms with Gasteiger partial charge in [0.15, 0.2) is 5.16 Å². The third-order valence-corrected chi connectivity index (χ3v) is 7.79. The molecule has 200 valence electrons. The summed E-state index contributed by atoms with van der Waals surface area (Å²) < 4.78 is 14.2. The summed E-state index contributed by atoms with van der Waals surface area (Å²) in [6.45, 7) is 7.50. The zero-order valence-corrected chi connectivity index (χ0v) is 22.9. The van der Waals surface area contributed by atoms with Gasteiger partial charge in [0.2, 0.25) is 0 Å². The van der Waals surface area contributed by atoms with E-state index < -0.39 is 0 Å². The van der Waals surface area contributed by atoms with Crippen molar-refractivity contribution in [3.05, 3.63) is 107 Å². The summed E-state index contributed by atoms with van der Waals surface area (Å²) in [5, 5.41) is 3.65. The number of benzene rings is 2. The lowest BCUT2D eigenvalue weighted by molar-refractivity contribution is 0.0951. The number of aryl methyl sites for hydroxylation is 1. The van der Waals surface area contributed by atoms with Crippen molar-refractivity contribution in [3.8, 4) is 0 Å². The van der Waals surface area contributed by atoms with Gasteiger partial charge < -0.3 is 15.1 Å². The van der Waals surface area contributed by atoms with Crippen LogP contribution in [0.1, 0.15) is 32.7 Å². The summed E-state index contributed by atoms with van der Waals surface area (Å²) in [7, 11) is 0. The largest absolute Gasteiger partial charge is 0.366 e. The highest BCUT2D eigenvalue weighted by Crippen LogP contribution is 2.28. The molecule has 3 heterocycles. The van der Waals surface area contributed by atoms with Crippen LogP contribution < -0.4 is 15.1 Å². The number of thioether (sulfide) groups is 1. The third kappa shape index (κ3) is 6.54. The molecule has 39 heavy (non-hydrogen) atoms. The van der Waals surface area contributed by atoms with Crippen molar-refractivity contribution < 1.29 is 9.18 Å². The molecule has 1 saturated heterocycles. The SMILES string of the molecule is Cc1nc(SCc2ccc(C(=O)NCc3cccnc3)cc2)nc(N2CCN(c3ccccc3F)CC2)c1C. The quantitative estimate of drug-likeness (QED) is 0.243. The molecule has 0 bridgehead atoms. The fourth-order valence-corrected chi connectivity index (χ4v) is 5.36. The molecule has 1 N–H and O–H groups in total. The number of anilines is 2. The number of amides is 1. The number of halogens is 1. The van der Waals surface area contributed by atoms with E-state index in [9.17, 15) is 9.18 Å². The van der Waals surface area contributed by atoms with Crippen molar-refractivity contribution in [2.75, 3.05) is 36.0 Å². The Morgan fingerprint density at radius 1 is 0.923 bits per heavy atom. The second-order valence-corrected chi connectivity index (χ2v) is 10.4. The molecule has 2 aromatic carbocycles. The van der Waals surface area contributed by atoms with E-state index in [0.717, 1.165) is 59.5 Å². The van der Waals surface area contributed by atoms with Gasteiger partial charge in [0.1, 0.15) is 11.6 Å². The standard InChI is InChI=1S/C30H31FN6OS/c1-21-22(2)34-30(35-28(21)37-16-14-36(15-17-37)27-8-4-3-7-26(27)31)39-20-23-9-11-25(12-10-23)29(38)33-19-24-6-5-13-32-18-24/h3-13,18H,14-17,19-20H2,1-2H3,(H,33,38). The van der Waals surface area contributed by atoms with Crippen molar-refractivity contribution >= 4 is 29.2 Å². The smallest absolute Gasteiger partial charge is 0.251 e. The molecule has 1 amide bonds. The van der Waals surface area contributed by atoms with Crippen LogP contribution in [-0.2, 0) is 12.3 Å². The number of para-hydroxylation sites is 1. The number of aromatic nitrogens is 3. The number of rotatable bonds is 8. The maximum absolute atomic E-state index is 14.2. The molecular weight excluding hydrogens is 511 g/mol. The Morgan fingerprint density at radius 2 is 1.67 bits per heavy atom. The Morgan fingerprint density at radius 3 is 2.38 bits per heavy atom. The first-order valence-corrected chi connectivity index (χ1v) is 13.9. The highest BCUT2D eigenvalue weighted by molar-refractivity contribution is 7.98. The number of hydrogen-bond donors (Lipinski definition) is 1. The van der Waals surface area contributed by atoms with Gasteiger partial charge in [0.05, 0.1) is 5.69 Å². The van der Waals surface area contributed by atoms with Gasteiger partial charge in [-0.1, -0.05) is 42.1 Å². The molecule has 5 rings (SSSR count). The van der Waals surface area contributed by atoms with Gasteiger partial charge in [0, 0.05) is 67.7 Å². The highest BCUT2D eigenvalue weighted by atomic mass is 32.2. The zero-order valence-electron chi connectivity index (χ0n) is 22.1. The minimum absolute atomic E-state index is 0.115. The van der Waals surface area contributed by atoms with E-state index in [2.05, 4.69) is 27.0 Å². The minimum atomic E-state index is -0.183. The first kappa shape index (κ1) is 26.6. The number of piperazine rings is 1. The van der Waals surface area contributed by atoms with E-state index in [1.165, 1.54) is 6.07 Å². The predicted octanol–water partition coefficient (Wildman–Crippen LogP) is 5.18. The average Bonchev–Trinajstić information content (AvgIpc) is 2.97. The second kappa shape index (κ2) is 12.3. The van der Waals surface area contributed by atoms with E-state index in [1.54, 1.807) is 30.2 Å². The monoisotopic (exact) mass is 542 g/mol. The maximum Gasteiger partial charge on any atom is 0.251 e. The van der Waals surface area contributed by atoms with E-state index in [4.69, 9.17) is 9.97 Å². The second-order valence-electron chi connectivity index (χ2n) is 9.50. The summed E-state index contributed by atoms with van der Waals surface area (Å²) in [4.78, 5) is 30.5. The van der Waals surface area contributed by atoms with Crippen LogP contribution in [0.3, 0.4) is 0 Å².